The molecule has 0 amide bonds. The molecule has 0 radical (unpaired) electrons. The Morgan fingerprint density at radius 1 is 1.33 bits per heavy atom. The minimum Gasteiger partial charge on any atom is -0.375 e. The van der Waals surface area contributed by atoms with E-state index in [1.54, 1.807) is 18.5 Å². The SMILES string of the molecule is CC(=O)C(Br)c1ccnc(C(C)(C)C)n1.Nc1nccs1. The number of nitrogens with two attached hydrogens (primary N) is 1. The molecule has 0 spiro atoms. The molecule has 2 aromatic rings. The van der Waals surface area contributed by atoms with Crippen LogP contribution < -0.4 is 5.73 Å². The zero-order valence-corrected chi connectivity index (χ0v) is 14.9. The average Bonchev–Trinajstić information content (AvgIpc) is 2.89. The fourth-order valence-electron chi connectivity index (χ4n) is 1.32. The van der Waals surface area contributed by atoms with Crippen molar-refractivity contribution in [2.24, 2.45) is 0 Å². The fraction of sp³-hybridized carbons (Fsp3) is 0.429. The van der Waals surface area contributed by atoms with E-state index < -0.39 is 0 Å². The first kappa shape index (κ1) is 17.7. The number of aromatic nitrogens is 3. The molecule has 1 unspecified atom stereocenters. The highest BCUT2D eigenvalue weighted by atomic mass is 79.9. The third kappa shape index (κ3) is 5.89. The van der Waals surface area contributed by atoms with E-state index in [2.05, 4.69) is 30.9 Å². The summed E-state index contributed by atoms with van der Waals surface area (Å²) in [4.78, 5) is 23.2. The number of Topliss-reactive ketones (excluding diaryl/α,β-unsaturated/α-hetero) is 1. The van der Waals surface area contributed by atoms with Gasteiger partial charge < -0.3 is 5.73 Å². The molecule has 5 nitrogen and oxygen atoms in total. The summed E-state index contributed by atoms with van der Waals surface area (Å²) in [5, 5.41) is 2.48. The molecule has 0 aliphatic rings. The largest absolute Gasteiger partial charge is 0.375 e. The maximum Gasteiger partial charge on any atom is 0.179 e. The van der Waals surface area contributed by atoms with Gasteiger partial charge in [-0.1, -0.05) is 36.7 Å². The molecule has 0 bridgehead atoms. The average molecular weight is 371 g/mol. The second-order valence-electron chi connectivity index (χ2n) is 5.40. The summed E-state index contributed by atoms with van der Waals surface area (Å²) in [6.07, 6.45) is 3.38. The molecule has 21 heavy (non-hydrogen) atoms. The number of halogens is 1. The normalized spacial score (nSPS) is 12.2. The first-order valence-corrected chi connectivity index (χ1v) is 8.14. The van der Waals surface area contributed by atoms with E-state index in [0.717, 1.165) is 11.5 Å². The van der Waals surface area contributed by atoms with Gasteiger partial charge in [0, 0.05) is 23.2 Å². The van der Waals surface area contributed by atoms with Gasteiger partial charge >= 0.3 is 0 Å². The predicted octanol–water partition coefficient (Wildman–Crippen LogP) is 3.52. The monoisotopic (exact) mass is 370 g/mol. The number of hydrogen-bond donors (Lipinski definition) is 1. The fourth-order valence-corrected chi connectivity index (χ4v) is 1.96. The number of hydrogen-bond acceptors (Lipinski definition) is 6. The lowest BCUT2D eigenvalue weighted by molar-refractivity contribution is -0.116. The molecule has 1 atom stereocenters. The van der Waals surface area contributed by atoms with Crippen molar-refractivity contribution in [3.8, 4) is 0 Å². The third-order valence-corrected chi connectivity index (χ3v) is 4.13. The van der Waals surface area contributed by atoms with Crippen LogP contribution in [0.15, 0.2) is 23.8 Å². The molecule has 0 saturated carbocycles. The molecular weight excluding hydrogens is 352 g/mol. The number of thiazole rings is 1. The Hall–Kier alpha value is -1.34. The Bertz CT molecular complexity index is 581. The molecule has 2 N–H and O–H groups in total. The number of nitrogen functional groups attached to an aromatic ring is 1. The zero-order chi connectivity index (χ0) is 16.0. The van der Waals surface area contributed by atoms with Crippen LogP contribution in [0.25, 0.3) is 0 Å². The molecule has 0 aliphatic carbocycles. The van der Waals surface area contributed by atoms with E-state index >= 15 is 0 Å². The number of rotatable bonds is 2. The van der Waals surface area contributed by atoms with E-state index in [4.69, 9.17) is 5.73 Å². The van der Waals surface area contributed by atoms with Crippen LogP contribution in [0.4, 0.5) is 5.13 Å². The highest BCUT2D eigenvalue weighted by Crippen LogP contribution is 2.24. The van der Waals surface area contributed by atoms with E-state index in [-0.39, 0.29) is 16.0 Å². The summed E-state index contributed by atoms with van der Waals surface area (Å²) >= 11 is 4.76. The van der Waals surface area contributed by atoms with Crippen LogP contribution >= 0.6 is 27.3 Å². The number of anilines is 1. The highest BCUT2D eigenvalue weighted by molar-refractivity contribution is 9.09. The standard InChI is InChI=1S/C11H15BrN2O.C3H4N2S/c1-7(15)9(12)8-5-6-13-10(14-8)11(2,3)4;4-3-5-1-2-6-3/h5-6,9H,1-4H3;1-2H,(H2,4,5). The van der Waals surface area contributed by atoms with Crippen LogP contribution in [0, 0.1) is 0 Å². The first-order chi connectivity index (χ1) is 9.71. The van der Waals surface area contributed by atoms with Crippen molar-refractivity contribution >= 4 is 38.2 Å². The molecule has 2 heterocycles. The van der Waals surface area contributed by atoms with Gasteiger partial charge in [-0.05, 0) is 13.0 Å². The lowest BCUT2D eigenvalue weighted by Crippen LogP contribution is -2.17. The van der Waals surface area contributed by atoms with Crippen LogP contribution in [-0.4, -0.2) is 20.7 Å². The third-order valence-electron chi connectivity index (χ3n) is 2.42. The van der Waals surface area contributed by atoms with Crippen LogP contribution in [0.2, 0.25) is 0 Å². The van der Waals surface area contributed by atoms with Crippen molar-refractivity contribution in [2.75, 3.05) is 5.73 Å². The Labute approximate surface area is 137 Å². The van der Waals surface area contributed by atoms with Crippen molar-refractivity contribution in [3.63, 3.8) is 0 Å². The zero-order valence-electron chi connectivity index (χ0n) is 12.5. The number of carbonyl (C=O) groups is 1. The second-order valence-corrected chi connectivity index (χ2v) is 7.24. The molecule has 114 valence electrons. The molecule has 7 heteroatoms. The molecule has 2 rings (SSSR count). The van der Waals surface area contributed by atoms with Gasteiger partial charge in [0.25, 0.3) is 0 Å². The van der Waals surface area contributed by atoms with Gasteiger partial charge in [-0.15, -0.1) is 11.3 Å². The van der Waals surface area contributed by atoms with Crippen LogP contribution in [0.3, 0.4) is 0 Å². The van der Waals surface area contributed by atoms with Crippen LogP contribution in [0.1, 0.15) is 44.0 Å². The van der Waals surface area contributed by atoms with E-state index in [0.29, 0.717) is 5.13 Å². The molecular formula is C14H19BrN4OS. The van der Waals surface area contributed by atoms with Gasteiger partial charge in [0.15, 0.2) is 5.13 Å². The van der Waals surface area contributed by atoms with Gasteiger partial charge in [-0.2, -0.15) is 0 Å². The van der Waals surface area contributed by atoms with Gasteiger partial charge in [-0.3, -0.25) is 4.79 Å². The Morgan fingerprint density at radius 3 is 2.38 bits per heavy atom. The summed E-state index contributed by atoms with van der Waals surface area (Å²) in [7, 11) is 0. The van der Waals surface area contributed by atoms with Gasteiger partial charge in [0.2, 0.25) is 0 Å². The topological polar surface area (TPSA) is 81.8 Å². The van der Waals surface area contributed by atoms with Crippen molar-refractivity contribution < 1.29 is 4.79 Å². The summed E-state index contributed by atoms with van der Waals surface area (Å²) in [6.45, 7) is 7.67. The molecule has 0 aromatic carbocycles. The maximum atomic E-state index is 11.2. The van der Waals surface area contributed by atoms with E-state index in [9.17, 15) is 4.79 Å². The van der Waals surface area contributed by atoms with E-state index in [1.807, 2.05) is 26.2 Å². The molecule has 0 fully saturated rings. The molecule has 2 aromatic heterocycles. The van der Waals surface area contributed by atoms with Gasteiger partial charge in [0.05, 0.1) is 5.69 Å². The van der Waals surface area contributed by atoms with E-state index in [1.165, 1.54) is 18.3 Å². The Kier molecular flexibility index (Phi) is 6.42. The van der Waals surface area contributed by atoms with Crippen molar-refractivity contribution in [1.29, 1.82) is 0 Å². The summed E-state index contributed by atoms with van der Waals surface area (Å²) in [5.41, 5.74) is 5.81. The number of nitrogens with zero attached hydrogens (tertiary/aromatic N) is 3. The lowest BCUT2D eigenvalue weighted by atomic mass is 9.95. The van der Waals surface area contributed by atoms with Crippen molar-refractivity contribution in [3.05, 3.63) is 35.4 Å². The minimum atomic E-state index is -0.332. The highest BCUT2D eigenvalue weighted by Gasteiger charge is 2.20. The Morgan fingerprint density at radius 2 is 2.00 bits per heavy atom. The van der Waals surface area contributed by atoms with Crippen LogP contribution in [0.5, 0.6) is 0 Å². The first-order valence-electron chi connectivity index (χ1n) is 6.34. The summed E-state index contributed by atoms with van der Waals surface area (Å²) in [6, 6.07) is 1.76. The van der Waals surface area contributed by atoms with Crippen LogP contribution in [-0.2, 0) is 10.2 Å². The Balaban J connectivity index is 0.000000304. The summed E-state index contributed by atoms with van der Waals surface area (Å²) < 4.78 is 0. The smallest absolute Gasteiger partial charge is 0.179 e. The molecule has 0 aliphatic heterocycles. The number of ketones is 1. The van der Waals surface area contributed by atoms with Gasteiger partial charge in [-0.25, -0.2) is 15.0 Å². The summed E-state index contributed by atoms with van der Waals surface area (Å²) in [5.74, 6) is 0.805. The van der Waals surface area contributed by atoms with Crippen molar-refractivity contribution in [2.45, 2.75) is 37.9 Å². The maximum absolute atomic E-state index is 11.2. The van der Waals surface area contributed by atoms with Crippen molar-refractivity contribution in [1.82, 2.24) is 15.0 Å². The minimum absolute atomic E-state index is 0.0496. The predicted molar refractivity (Wildman–Crippen MR) is 89.6 cm³/mol. The lowest BCUT2D eigenvalue weighted by Gasteiger charge is -2.17. The number of carbonyl (C=O) groups excluding carboxylic acids is 1. The second kappa shape index (κ2) is 7.61. The number of alkyl halides is 1. The van der Waals surface area contributed by atoms with Gasteiger partial charge in [0.1, 0.15) is 16.4 Å². The molecule has 0 saturated heterocycles. The quantitative estimate of drug-likeness (QED) is 0.817.